The molecule has 1 N–H and O–H groups in total. The number of carbonyl (C=O) groups is 1. The van der Waals surface area contributed by atoms with Gasteiger partial charge in [0.05, 0.1) is 6.04 Å². The SMILES string of the molecule is CN(C(=O)C1Cc2ccccc2CN1)c1cccc(F)c1. The van der Waals surface area contributed by atoms with Gasteiger partial charge in [-0.15, -0.1) is 0 Å². The monoisotopic (exact) mass is 284 g/mol. The standard InChI is InChI=1S/C17H17FN2O/c1-20(15-8-4-7-14(18)10-15)17(21)16-9-12-5-2-3-6-13(12)11-19-16/h2-8,10,16,19H,9,11H2,1H3. The lowest BCUT2D eigenvalue weighted by Crippen LogP contribution is -2.48. The number of benzene rings is 2. The summed E-state index contributed by atoms with van der Waals surface area (Å²) in [5.74, 6) is -0.385. The van der Waals surface area contributed by atoms with E-state index in [2.05, 4.69) is 17.4 Å². The van der Waals surface area contributed by atoms with E-state index < -0.39 is 0 Å². The van der Waals surface area contributed by atoms with Gasteiger partial charge in [0.25, 0.3) is 0 Å². The second kappa shape index (κ2) is 5.66. The molecule has 1 unspecified atom stereocenters. The van der Waals surface area contributed by atoms with Crippen LogP contribution in [-0.4, -0.2) is 19.0 Å². The molecule has 1 aliphatic rings. The van der Waals surface area contributed by atoms with Crippen LogP contribution in [0.2, 0.25) is 0 Å². The van der Waals surface area contributed by atoms with Crippen LogP contribution in [0, 0.1) is 5.82 Å². The molecule has 0 saturated heterocycles. The average Bonchev–Trinajstić information content (AvgIpc) is 2.53. The predicted octanol–water partition coefficient (Wildman–Crippen LogP) is 2.50. The summed E-state index contributed by atoms with van der Waals surface area (Å²) in [6, 6.07) is 13.9. The van der Waals surface area contributed by atoms with Gasteiger partial charge in [-0.1, -0.05) is 30.3 Å². The highest BCUT2D eigenvalue weighted by Gasteiger charge is 2.26. The van der Waals surface area contributed by atoms with Crippen molar-refractivity contribution in [3.63, 3.8) is 0 Å². The minimum Gasteiger partial charge on any atom is -0.314 e. The van der Waals surface area contributed by atoms with E-state index in [0.717, 1.165) is 0 Å². The van der Waals surface area contributed by atoms with Gasteiger partial charge in [-0.3, -0.25) is 4.79 Å². The molecule has 0 bridgehead atoms. The number of carbonyl (C=O) groups excluding carboxylic acids is 1. The molecule has 3 nitrogen and oxygen atoms in total. The summed E-state index contributed by atoms with van der Waals surface area (Å²) in [6.45, 7) is 0.684. The number of fused-ring (bicyclic) bond motifs is 1. The minimum absolute atomic E-state index is 0.0462. The number of nitrogens with one attached hydrogen (secondary N) is 1. The van der Waals surface area contributed by atoms with Crippen molar-refractivity contribution in [1.82, 2.24) is 5.32 Å². The van der Waals surface area contributed by atoms with E-state index in [1.165, 1.54) is 28.2 Å². The summed E-state index contributed by atoms with van der Waals surface area (Å²) in [7, 11) is 1.68. The van der Waals surface area contributed by atoms with E-state index >= 15 is 0 Å². The number of anilines is 1. The maximum atomic E-state index is 13.3. The van der Waals surface area contributed by atoms with E-state index in [4.69, 9.17) is 0 Å². The molecule has 1 heterocycles. The first-order valence-corrected chi connectivity index (χ1v) is 6.98. The summed E-state index contributed by atoms with van der Waals surface area (Å²) in [5.41, 5.74) is 3.00. The zero-order valence-electron chi connectivity index (χ0n) is 11.8. The third-order valence-electron chi connectivity index (χ3n) is 3.91. The van der Waals surface area contributed by atoms with Gasteiger partial charge >= 0.3 is 0 Å². The highest BCUT2D eigenvalue weighted by atomic mass is 19.1. The summed E-state index contributed by atoms with van der Waals surface area (Å²) in [6.07, 6.45) is 0.661. The van der Waals surface area contributed by atoms with Crippen molar-refractivity contribution in [1.29, 1.82) is 0 Å². The molecular formula is C17H17FN2O. The van der Waals surface area contributed by atoms with Crippen LogP contribution < -0.4 is 10.2 Å². The highest BCUT2D eigenvalue weighted by molar-refractivity contribution is 5.97. The van der Waals surface area contributed by atoms with E-state index in [1.807, 2.05) is 12.1 Å². The second-order valence-corrected chi connectivity index (χ2v) is 5.28. The molecule has 2 aromatic carbocycles. The summed E-state index contributed by atoms with van der Waals surface area (Å²) in [5, 5.41) is 3.26. The first kappa shape index (κ1) is 13.8. The lowest BCUT2D eigenvalue weighted by Gasteiger charge is -2.29. The van der Waals surface area contributed by atoms with Gasteiger partial charge in [0, 0.05) is 19.3 Å². The fourth-order valence-corrected chi connectivity index (χ4v) is 2.67. The molecule has 0 fully saturated rings. The fraction of sp³-hybridized carbons (Fsp3) is 0.235. The lowest BCUT2D eigenvalue weighted by molar-refractivity contribution is -0.120. The topological polar surface area (TPSA) is 32.3 Å². The Bertz CT molecular complexity index is 671. The minimum atomic E-state index is -0.339. The maximum absolute atomic E-state index is 13.3. The lowest BCUT2D eigenvalue weighted by atomic mass is 9.95. The Hall–Kier alpha value is -2.20. The van der Waals surface area contributed by atoms with E-state index in [9.17, 15) is 9.18 Å². The third-order valence-corrected chi connectivity index (χ3v) is 3.91. The van der Waals surface area contributed by atoms with E-state index in [1.54, 1.807) is 19.2 Å². The van der Waals surface area contributed by atoms with E-state index in [-0.39, 0.29) is 17.8 Å². The van der Waals surface area contributed by atoms with Gasteiger partial charge < -0.3 is 10.2 Å². The number of hydrogen-bond donors (Lipinski definition) is 1. The van der Waals surface area contributed by atoms with Gasteiger partial charge in [-0.05, 0) is 35.7 Å². The Morgan fingerprint density at radius 2 is 1.95 bits per heavy atom. The predicted molar refractivity (Wildman–Crippen MR) is 80.6 cm³/mol. The largest absolute Gasteiger partial charge is 0.314 e. The number of nitrogens with zero attached hydrogens (tertiary/aromatic N) is 1. The molecule has 1 atom stereocenters. The normalized spacial score (nSPS) is 17.1. The van der Waals surface area contributed by atoms with Gasteiger partial charge in [-0.25, -0.2) is 4.39 Å². The number of likely N-dealkylation sites (N-methyl/N-ethyl adjacent to an activating group) is 1. The van der Waals surface area contributed by atoms with Crippen LogP contribution in [0.4, 0.5) is 10.1 Å². The van der Waals surface area contributed by atoms with Crippen LogP contribution in [0.3, 0.4) is 0 Å². The van der Waals surface area contributed by atoms with Crippen molar-refractivity contribution in [2.24, 2.45) is 0 Å². The Kier molecular flexibility index (Phi) is 3.71. The first-order chi connectivity index (χ1) is 10.1. The van der Waals surface area contributed by atoms with Crippen LogP contribution in [-0.2, 0) is 17.8 Å². The molecule has 0 aromatic heterocycles. The smallest absolute Gasteiger partial charge is 0.244 e. The zero-order valence-corrected chi connectivity index (χ0v) is 11.8. The Morgan fingerprint density at radius 3 is 2.71 bits per heavy atom. The number of rotatable bonds is 2. The molecular weight excluding hydrogens is 267 g/mol. The molecule has 1 aliphatic heterocycles. The summed E-state index contributed by atoms with van der Waals surface area (Å²) in [4.78, 5) is 14.1. The van der Waals surface area contributed by atoms with Crippen LogP contribution in [0.15, 0.2) is 48.5 Å². The number of halogens is 1. The van der Waals surface area contributed by atoms with E-state index in [0.29, 0.717) is 18.7 Å². The van der Waals surface area contributed by atoms with Crippen LogP contribution in [0.5, 0.6) is 0 Å². The maximum Gasteiger partial charge on any atom is 0.244 e. The quantitative estimate of drug-likeness (QED) is 0.919. The molecule has 108 valence electrons. The third kappa shape index (κ3) is 2.81. The molecule has 0 saturated carbocycles. The molecule has 0 aliphatic carbocycles. The molecule has 21 heavy (non-hydrogen) atoms. The highest BCUT2D eigenvalue weighted by Crippen LogP contribution is 2.20. The van der Waals surface area contributed by atoms with Crippen molar-refractivity contribution in [3.05, 3.63) is 65.5 Å². The Balaban J connectivity index is 1.77. The van der Waals surface area contributed by atoms with Crippen molar-refractivity contribution >= 4 is 11.6 Å². The van der Waals surface area contributed by atoms with Crippen LogP contribution >= 0.6 is 0 Å². The summed E-state index contributed by atoms with van der Waals surface area (Å²) >= 11 is 0. The Morgan fingerprint density at radius 1 is 1.19 bits per heavy atom. The van der Waals surface area contributed by atoms with Crippen molar-refractivity contribution in [2.75, 3.05) is 11.9 Å². The fourth-order valence-electron chi connectivity index (χ4n) is 2.67. The Labute approximate surface area is 123 Å². The number of hydrogen-bond acceptors (Lipinski definition) is 2. The first-order valence-electron chi connectivity index (χ1n) is 6.98. The van der Waals surface area contributed by atoms with Crippen LogP contribution in [0.1, 0.15) is 11.1 Å². The molecule has 1 amide bonds. The molecule has 2 aromatic rings. The van der Waals surface area contributed by atoms with Gasteiger partial charge in [0.1, 0.15) is 5.82 Å². The van der Waals surface area contributed by atoms with Crippen molar-refractivity contribution in [2.45, 2.75) is 19.0 Å². The molecule has 0 radical (unpaired) electrons. The second-order valence-electron chi connectivity index (χ2n) is 5.28. The van der Waals surface area contributed by atoms with Gasteiger partial charge in [0.15, 0.2) is 0 Å². The average molecular weight is 284 g/mol. The van der Waals surface area contributed by atoms with Crippen molar-refractivity contribution in [3.8, 4) is 0 Å². The van der Waals surface area contributed by atoms with Crippen molar-refractivity contribution < 1.29 is 9.18 Å². The molecule has 0 spiro atoms. The number of amides is 1. The van der Waals surface area contributed by atoms with Crippen LogP contribution in [0.25, 0.3) is 0 Å². The zero-order chi connectivity index (χ0) is 14.8. The van der Waals surface area contributed by atoms with Gasteiger partial charge in [0.2, 0.25) is 5.91 Å². The van der Waals surface area contributed by atoms with Gasteiger partial charge in [-0.2, -0.15) is 0 Å². The molecule has 4 heteroatoms. The molecule has 3 rings (SSSR count). The summed E-state index contributed by atoms with van der Waals surface area (Å²) < 4.78 is 13.3.